The number of amides is 1. The van der Waals surface area contributed by atoms with Crippen molar-refractivity contribution in [1.82, 2.24) is 4.90 Å². The summed E-state index contributed by atoms with van der Waals surface area (Å²) in [5.41, 5.74) is -1.17. The largest absolute Gasteiger partial charge is 0.460 e. The van der Waals surface area contributed by atoms with E-state index in [9.17, 15) is 14.4 Å². The fraction of sp³-hybridized carbons (Fsp3) is 0.833. The number of likely N-dealkylation sites (tertiary alicyclic amines) is 1. The molecule has 7 nitrogen and oxygen atoms in total. The molecule has 144 valence electrons. The van der Waals surface area contributed by atoms with Crippen LogP contribution >= 0.6 is 0 Å². The Labute approximate surface area is 150 Å². The summed E-state index contributed by atoms with van der Waals surface area (Å²) >= 11 is 0. The molecule has 1 fully saturated rings. The maximum atomic E-state index is 12.1. The van der Waals surface area contributed by atoms with Crippen molar-refractivity contribution in [2.45, 2.75) is 84.7 Å². The molecular formula is C18H31NO6. The second-order valence-corrected chi connectivity index (χ2v) is 8.34. The van der Waals surface area contributed by atoms with E-state index in [0.717, 1.165) is 0 Å². The summed E-state index contributed by atoms with van der Waals surface area (Å²) in [7, 11) is 0. The summed E-state index contributed by atoms with van der Waals surface area (Å²) in [6, 6.07) is 0. The van der Waals surface area contributed by atoms with Gasteiger partial charge in [-0.2, -0.15) is 0 Å². The Balaban J connectivity index is 2.43. The fourth-order valence-electron chi connectivity index (χ4n) is 2.36. The SMILES string of the molecule is C[C@H](O[C@@H]1CCN(C(=O)OC(C)(C)C)C1)C(=O)CC(=O)OC(C)(C)C. The highest BCUT2D eigenvalue weighted by molar-refractivity contribution is 5.97. The fourth-order valence-corrected chi connectivity index (χ4v) is 2.36. The number of rotatable bonds is 5. The van der Waals surface area contributed by atoms with Gasteiger partial charge >= 0.3 is 12.1 Å². The first-order valence-electron chi connectivity index (χ1n) is 8.65. The molecule has 25 heavy (non-hydrogen) atoms. The van der Waals surface area contributed by atoms with Crippen LogP contribution in [-0.2, 0) is 23.8 Å². The summed E-state index contributed by atoms with van der Waals surface area (Å²) in [5, 5.41) is 0. The Morgan fingerprint density at radius 3 is 2.12 bits per heavy atom. The zero-order valence-corrected chi connectivity index (χ0v) is 16.4. The highest BCUT2D eigenvalue weighted by Crippen LogP contribution is 2.19. The number of ether oxygens (including phenoxy) is 3. The molecule has 0 radical (unpaired) electrons. The minimum atomic E-state index is -0.726. The number of esters is 1. The summed E-state index contributed by atoms with van der Waals surface area (Å²) in [6.07, 6.45) is -1.04. The Hall–Kier alpha value is -1.63. The van der Waals surface area contributed by atoms with Crippen LogP contribution in [0.4, 0.5) is 4.79 Å². The second-order valence-electron chi connectivity index (χ2n) is 8.34. The number of carbonyl (C=O) groups excluding carboxylic acids is 3. The Morgan fingerprint density at radius 1 is 1.04 bits per heavy atom. The van der Waals surface area contributed by atoms with E-state index in [-0.39, 0.29) is 24.4 Å². The van der Waals surface area contributed by atoms with E-state index >= 15 is 0 Å². The van der Waals surface area contributed by atoms with Crippen molar-refractivity contribution in [3.8, 4) is 0 Å². The highest BCUT2D eigenvalue weighted by atomic mass is 16.6. The van der Waals surface area contributed by atoms with Gasteiger partial charge in [-0.05, 0) is 54.9 Å². The molecular weight excluding hydrogens is 326 g/mol. The van der Waals surface area contributed by atoms with Crippen LogP contribution in [0.2, 0.25) is 0 Å². The normalized spacial score (nSPS) is 19.5. The maximum absolute atomic E-state index is 12.1. The van der Waals surface area contributed by atoms with Crippen LogP contribution in [-0.4, -0.2) is 59.2 Å². The average Bonchev–Trinajstić information content (AvgIpc) is 2.82. The van der Waals surface area contributed by atoms with Crippen molar-refractivity contribution in [3.05, 3.63) is 0 Å². The molecule has 1 rings (SSSR count). The summed E-state index contributed by atoms with van der Waals surface area (Å²) in [5.74, 6) is -0.889. The van der Waals surface area contributed by atoms with E-state index in [4.69, 9.17) is 14.2 Å². The van der Waals surface area contributed by atoms with Gasteiger partial charge in [0, 0.05) is 6.54 Å². The molecule has 0 aromatic carbocycles. The Morgan fingerprint density at radius 2 is 1.60 bits per heavy atom. The number of ketones is 1. The van der Waals surface area contributed by atoms with E-state index in [1.165, 1.54) is 0 Å². The van der Waals surface area contributed by atoms with Gasteiger partial charge in [0.1, 0.15) is 23.7 Å². The van der Waals surface area contributed by atoms with Crippen molar-refractivity contribution in [2.24, 2.45) is 0 Å². The predicted molar refractivity (Wildman–Crippen MR) is 92.2 cm³/mol. The van der Waals surface area contributed by atoms with Crippen LogP contribution in [0, 0.1) is 0 Å². The molecule has 1 aliphatic rings. The van der Waals surface area contributed by atoms with Crippen LogP contribution in [0.15, 0.2) is 0 Å². The topological polar surface area (TPSA) is 82.1 Å². The second kappa shape index (κ2) is 8.17. The zero-order valence-electron chi connectivity index (χ0n) is 16.4. The number of hydrogen-bond donors (Lipinski definition) is 0. The molecule has 7 heteroatoms. The summed E-state index contributed by atoms with van der Waals surface area (Å²) in [6.45, 7) is 13.2. The molecule has 0 unspecified atom stereocenters. The van der Waals surface area contributed by atoms with E-state index in [0.29, 0.717) is 19.5 Å². The number of hydrogen-bond acceptors (Lipinski definition) is 6. The molecule has 1 amide bonds. The summed E-state index contributed by atoms with van der Waals surface area (Å²) in [4.78, 5) is 37.4. The molecule has 0 saturated carbocycles. The number of Topliss-reactive ketones (excluding diaryl/α,β-unsaturated/α-hetero) is 1. The Bertz CT molecular complexity index is 503. The lowest BCUT2D eigenvalue weighted by molar-refractivity contribution is -0.158. The van der Waals surface area contributed by atoms with Gasteiger partial charge in [-0.25, -0.2) is 4.79 Å². The monoisotopic (exact) mass is 357 g/mol. The third-order valence-electron chi connectivity index (χ3n) is 3.39. The molecule has 0 spiro atoms. The Kier molecular flexibility index (Phi) is 6.99. The van der Waals surface area contributed by atoms with Crippen LogP contribution in [0.25, 0.3) is 0 Å². The first-order chi connectivity index (χ1) is 11.3. The first kappa shape index (κ1) is 21.4. The van der Waals surface area contributed by atoms with Gasteiger partial charge in [-0.3, -0.25) is 9.59 Å². The molecule has 0 N–H and O–H groups in total. The molecule has 0 bridgehead atoms. The van der Waals surface area contributed by atoms with Crippen molar-refractivity contribution in [2.75, 3.05) is 13.1 Å². The van der Waals surface area contributed by atoms with Gasteiger partial charge < -0.3 is 19.1 Å². The lowest BCUT2D eigenvalue weighted by Gasteiger charge is -2.24. The van der Waals surface area contributed by atoms with Crippen LogP contribution in [0.1, 0.15) is 61.3 Å². The number of nitrogens with zero attached hydrogens (tertiary/aromatic N) is 1. The quantitative estimate of drug-likeness (QED) is 0.556. The third-order valence-corrected chi connectivity index (χ3v) is 3.39. The molecule has 1 heterocycles. The number of carbonyl (C=O) groups is 3. The van der Waals surface area contributed by atoms with Gasteiger partial charge in [-0.1, -0.05) is 0 Å². The first-order valence-corrected chi connectivity index (χ1v) is 8.65. The minimum absolute atomic E-state index is 0.245. The highest BCUT2D eigenvalue weighted by Gasteiger charge is 2.32. The van der Waals surface area contributed by atoms with Crippen molar-refractivity contribution < 1.29 is 28.6 Å². The van der Waals surface area contributed by atoms with E-state index in [2.05, 4.69) is 0 Å². The van der Waals surface area contributed by atoms with Crippen LogP contribution in [0.3, 0.4) is 0 Å². The third kappa shape index (κ3) is 8.34. The lowest BCUT2D eigenvalue weighted by atomic mass is 10.1. The average molecular weight is 357 g/mol. The summed E-state index contributed by atoms with van der Waals surface area (Å²) < 4.78 is 16.2. The minimum Gasteiger partial charge on any atom is -0.460 e. The van der Waals surface area contributed by atoms with Gasteiger partial charge in [0.05, 0.1) is 12.6 Å². The van der Waals surface area contributed by atoms with Gasteiger partial charge in [0.15, 0.2) is 5.78 Å². The molecule has 2 atom stereocenters. The van der Waals surface area contributed by atoms with Gasteiger partial charge in [0.2, 0.25) is 0 Å². The van der Waals surface area contributed by atoms with E-state index in [1.807, 2.05) is 20.8 Å². The van der Waals surface area contributed by atoms with E-state index in [1.54, 1.807) is 32.6 Å². The lowest BCUT2D eigenvalue weighted by Crippen LogP contribution is -2.37. The van der Waals surface area contributed by atoms with Crippen molar-refractivity contribution in [3.63, 3.8) is 0 Å². The predicted octanol–water partition coefficient (Wildman–Crippen LogP) is 2.70. The van der Waals surface area contributed by atoms with Crippen LogP contribution < -0.4 is 0 Å². The van der Waals surface area contributed by atoms with Crippen LogP contribution in [0.5, 0.6) is 0 Å². The van der Waals surface area contributed by atoms with Crippen molar-refractivity contribution in [1.29, 1.82) is 0 Å². The molecule has 1 aliphatic heterocycles. The molecule has 0 aromatic heterocycles. The standard InChI is InChI=1S/C18H31NO6/c1-12(14(20)10-15(21)24-17(2,3)4)23-13-8-9-19(11-13)16(22)25-18(5,6)7/h12-13H,8-11H2,1-7H3/t12-,13+/m0/s1. The van der Waals surface area contributed by atoms with Gasteiger partial charge in [0.25, 0.3) is 0 Å². The van der Waals surface area contributed by atoms with Gasteiger partial charge in [-0.15, -0.1) is 0 Å². The molecule has 0 aliphatic carbocycles. The molecule has 1 saturated heterocycles. The maximum Gasteiger partial charge on any atom is 0.410 e. The van der Waals surface area contributed by atoms with E-state index < -0.39 is 23.3 Å². The van der Waals surface area contributed by atoms with Crippen molar-refractivity contribution >= 4 is 17.8 Å². The molecule has 0 aromatic rings. The zero-order chi connectivity index (χ0) is 19.4. The smallest absolute Gasteiger partial charge is 0.410 e.